The highest BCUT2D eigenvalue weighted by Gasteiger charge is 2.11. The summed E-state index contributed by atoms with van der Waals surface area (Å²) in [7, 11) is 1.72. The van der Waals surface area contributed by atoms with E-state index in [2.05, 4.69) is 15.4 Å². The molecule has 0 aliphatic heterocycles. The van der Waals surface area contributed by atoms with Gasteiger partial charge in [0.05, 0.1) is 22.4 Å². The first-order valence-corrected chi connectivity index (χ1v) is 9.59. The Balaban J connectivity index is 2.30. The zero-order valence-corrected chi connectivity index (χ0v) is 17.1. The number of fused-ring (bicyclic) bond motifs is 1. The van der Waals surface area contributed by atoms with Crippen LogP contribution in [-0.2, 0) is 4.79 Å². The number of halogens is 1. The summed E-state index contributed by atoms with van der Waals surface area (Å²) in [4.78, 5) is 33.3. The highest BCUT2D eigenvalue weighted by atomic mass is 35.5. The molecule has 28 heavy (non-hydrogen) atoms. The minimum atomic E-state index is -0.216. The number of rotatable bonds is 3. The third kappa shape index (κ3) is 4.13. The fourth-order valence-corrected chi connectivity index (χ4v) is 3.61. The van der Waals surface area contributed by atoms with Gasteiger partial charge < -0.3 is 0 Å². The van der Waals surface area contributed by atoms with Crippen LogP contribution in [0, 0.1) is 6.92 Å². The number of carbonyl (C=O) groups excluding carboxylic acids is 1. The summed E-state index contributed by atoms with van der Waals surface area (Å²) in [5.74, 6) is -0.208. The van der Waals surface area contributed by atoms with E-state index in [9.17, 15) is 9.59 Å². The van der Waals surface area contributed by atoms with Gasteiger partial charge in [0.15, 0.2) is 0 Å². The van der Waals surface area contributed by atoms with Crippen LogP contribution in [-0.4, -0.2) is 27.5 Å². The zero-order chi connectivity index (χ0) is 20.3. The SMILES string of the molecule is CC(=O)NN(C)c1ccncsc2c(=O)n(-c3ccc(Cl)cc3)cnc2c1C. The summed E-state index contributed by atoms with van der Waals surface area (Å²) >= 11 is 7.14. The second-order valence-electron chi connectivity index (χ2n) is 6.00. The molecular formula is C19H18ClN5O2S. The first-order valence-electron chi connectivity index (χ1n) is 8.33. The lowest BCUT2D eigenvalue weighted by Crippen LogP contribution is -2.38. The number of hydrogen-bond donors (Lipinski definition) is 1. The number of carbonyl (C=O) groups is 1. The number of nitrogens with one attached hydrogen (secondary N) is 1. The van der Waals surface area contributed by atoms with Gasteiger partial charge in [-0.05, 0) is 37.3 Å². The molecule has 0 unspecified atom stereocenters. The van der Waals surface area contributed by atoms with E-state index in [0.29, 0.717) is 26.6 Å². The van der Waals surface area contributed by atoms with Crippen molar-refractivity contribution >= 4 is 44.7 Å². The molecule has 0 atom stereocenters. The summed E-state index contributed by atoms with van der Waals surface area (Å²) in [6, 6.07) is 8.70. The fraction of sp³-hybridized carbons (Fsp3) is 0.158. The maximum Gasteiger partial charge on any atom is 0.275 e. The predicted octanol–water partition coefficient (Wildman–Crippen LogP) is 3.42. The van der Waals surface area contributed by atoms with E-state index in [1.807, 2.05) is 6.92 Å². The van der Waals surface area contributed by atoms with Gasteiger partial charge in [0.2, 0.25) is 5.91 Å². The number of hydrazine groups is 1. The van der Waals surface area contributed by atoms with Crippen molar-refractivity contribution in [3.8, 4) is 5.69 Å². The Bertz CT molecular complexity index is 1140. The number of hydrogen-bond acceptors (Lipinski definition) is 6. The largest absolute Gasteiger partial charge is 0.288 e. The smallest absolute Gasteiger partial charge is 0.275 e. The molecule has 3 aromatic rings. The number of benzene rings is 1. The van der Waals surface area contributed by atoms with E-state index < -0.39 is 0 Å². The molecule has 0 bridgehead atoms. The highest BCUT2D eigenvalue weighted by Crippen LogP contribution is 2.22. The summed E-state index contributed by atoms with van der Waals surface area (Å²) in [5, 5.41) is 2.17. The zero-order valence-electron chi connectivity index (χ0n) is 15.5. The van der Waals surface area contributed by atoms with E-state index in [1.165, 1.54) is 29.2 Å². The van der Waals surface area contributed by atoms with E-state index in [4.69, 9.17) is 11.6 Å². The quantitative estimate of drug-likeness (QED) is 0.663. The van der Waals surface area contributed by atoms with Gasteiger partial charge in [0, 0.05) is 30.8 Å². The second-order valence-corrected chi connectivity index (χ2v) is 7.29. The monoisotopic (exact) mass is 415 g/mol. The molecule has 0 aliphatic rings. The normalized spacial score (nSPS) is 10.4. The third-order valence-electron chi connectivity index (χ3n) is 4.01. The summed E-state index contributed by atoms with van der Waals surface area (Å²) < 4.78 is 1.90. The van der Waals surface area contributed by atoms with Crippen molar-refractivity contribution in [2.75, 3.05) is 12.1 Å². The minimum absolute atomic E-state index is 0.208. The molecule has 1 aromatic carbocycles. The lowest BCUT2D eigenvalue weighted by molar-refractivity contribution is -0.119. The van der Waals surface area contributed by atoms with Gasteiger partial charge in [-0.3, -0.25) is 29.6 Å². The van der Waals surface area contributed by atoms with Gasteiger partial charge in [-0.25, -0.2) is 4.98 Å². The molecule has 7 nitrogen and oxygen atoms in total. The molecular weight excluding hydrogens is 398 g/mol. The highest BCUT2D eigenvalue weighted by molar-refractivity contribution is 7.16. The molecule has 1 N–H and O–H groups in total. The number of amides is 1. The van der Waals surface area contributed by atoms with Gasteiger partial charge in [0.25, 0.3) is 5.56 Å². The topological polar surface area (TPSA) is 80.1 Å². The number of aryl methyl sites for hydroxylation is 1. The molecule has 3 rings (SSSR count). The van der Waals surface area contributed by atoms with Crippen molar-refractivity contribution in [1.29, 1.82) is 0 Å². The van der Waals surface area contributed by atoms with Crippen molar-refractivity contribution in [1.82, 2.24) is 20.0 Å². The van der Waals surface area contributed by atoms with Crippen molar-refractivity contribution in [3.63, 3.8) is 0 Å². The van der Waals surface area contributed by atoms with Crippen LogP contribution in [0.5, 0.6) is 0 Å². The first-order chi connectivity index (χ1) is 13.4. The lowest BCUT2D eigenvalue weighted by atomic mass is 10.2. The Morgan fingerprint density at radius 2 is 1.96 bits per heavy atom. The fourth-order valence-electron chi connectivity index (χ4n) is 2.73. The predicted molar refractivity (Wildman–Crippen MR) is 113 cm³/mol. The molecule has 2 aromatic heterocycles. The first kappa shape index (κ1) is 19.8. The van der Waals surface area contributed by atoms with Gasteiger partial charge >= 0.3 is 0 Å². The Morgan fingerprint density at radius 3 is 2.64 bits per heavy atom. The summed E-state index contributed by atoms with van der Waals surface area (Å²) in [6.07, 6.45) is 3.09. The maximum absolute atomic E-state index is 13.2. The van der Waals surface area contributed by atoms with Crippen LogP contribution in [0.1, 0.15) is 12.5 Å². The molecule has 9 heteroatoms. The maximum atomic E-state index is 13.2. The van der Waals surface area contributed by atoms with Crippen LogP contribution in [0.2, 0.25) is 5.02 Å². The number of nitrogens with zero attached hydrogens (tertiary/aromatic N) is 4. The Hall–Kier alpha value is -2.97. The molecule has 0 aliphatic carbocycles. The van der Waals surface area contributed by atoms with Crippen molar-refractivity contribution < 1.29 is 4.79 Å². The van der Waals surface area contributed by atoms with Gasteiger partial charge in [-0.1, -0.05) is 11.6 Å². The molecule has 2 heterocycles. The summed E-state index contributed by atoms with van der Waals surface area (Å²) in [6.45, 7) is 3.28. The van der Waals surface area contributed by atoms with Gasteiger partial charge in [0.1, 0.15) is 11.0 Å². The van der Waals surface area contributed by atoms with Crippen LogP contribution in [0.3, 0.4) is 0 Å². The lowest BCUT2D eigenvalue weighted by Gasteiger charge is -2.20. The van der Waals surface area contributed by atoms with E-state index in [1.54, 1.807) is 54.1 Å². The average molecular weight is 416 g/mol. The van der Waals surface area contributed by atoms with Crippen LogP contribution < -0.4 is 16.0 Å². The van der Waals surface area contributed by atoms with Crippen LogP contribution >= 0.6 is 22.9 Å². The average Bonchev–Trinajstić information content (AvgIpc) is 2.72. The van der Waals surface area contributed by atoms with E-state index in [0.717, 1.165) is 5.56 Å². The van der Waals surface area contributed by atoms with Crippen LogP contribution in [0.4, 0.5) is 5.69 Å². The standard InChI is InChI=1S/C19H18ClN5O2S/c1-12-16(24(3)23-13(2)26)8-9-21-11-28-18-17(12)22-10-25(19(18)27)15-6-4-14(20)5-7-15/h4-11H,1-3H3,(H,23,26). The Kier molecular flexibility index (Phi) is 5.91. The Labute approximate surface area is 170 Å². The molecule has 0 saturated carbocycles. The van der Waals surface area contributed by atoms with Crippen LogP contribution in [0.25, 0.3) is 15.9 Å². The molecule has 0 fully saturated rings. The van der Waals surface area contributed by atoms with Gasteiger partial charge in [-0.2, -0.15) is 0 Å². The van der Waals surface area contributed by atoms with Crippen LogP contribution in [0.15, 0.2) is 53.2 Å². The van der Waals surface area contributed by atoms with Crippen molar-refractivity contribution in [2.45, 2.75) is 13.8 Å². The molecule has 0 saturated heterocycles. The molecule has 0 spiro atoms. The molecule has 0 radical (unpaired) electrons. The van der Waals surface area contributed by atoms with Gasteiger partial charge in [-0.15, -0.1) is 11.3 Å². The summed E-state index contributed by atoms with van der Waals surface area (Å²) in [5.41, 5.74) is 6.68. The molecule has 144 valence electrons. The number of aromatic nitrogens is 3. The number of anilines is 1. The minimum Gasteiger partial charge on any atom is -0.288 e. The Morgan fingerprint density at radius 1 is 1.25 bits per heavy atom. The molecule has 1 amide bonds. The van der Waals surface area contributed by atoms with E-state index in [-0.39, 0.29) is 11.5 Å². The second kappa shape index (κ2) is 8.37. The third-order valence-corrected chi connectivity index (χ3v) is 5.09. The van der Waals surface area contributed by atoms with Crippen molar-refractivity contribution in [3.05, 3.63) is 69.3 Å². The van der Waals surface area contributed by atoms with E-state index >= 15 is 0 Å². The van der Waals surface area contributed by atoms with Crippen molar-refractivity contribution in [2.24, 2.45) is 0 Å².